The van der Waals surface area contributed by atoms with Gasteiger partial charge in [0.2, 0.25) is 0 Å². The third-order valence-corrected chi connectivity index (χ3v) is 4.31. The number of carbonyl (C=O) groups is 2. The SMILES string of the molecule is N[C@@H](C=O)[C@@H](OP(=O)(O)OC[C@@H](O)[C@@H](O)[C@H](O)C(=O)CO)[C@H](O)[C@H](O)CO. The Morgan fingerprint density at radius 3 is 2.07 bits per heavy atom. The molecule has 15 heteroatoms. The normalized spacial score (nSPS) is 22.0. The molecule has 0 aliphatic heterocycles. The van der Waals surface area contributed by atoms with Crippen LogP contribution in [-0.2, 0) is 23.2 Å². The molecular weight excluding hydrogens is 397 g/mol. The molecule has 0 rings (SSSR count). The Morgan fingerprint density at radius 2 is 1.63 bits per heavy atom. The van der Waals surface area contributed by atoms with Gasteiger partial charge in [0.05, 0.1) is 19.3 Å². The van der Waals surface area contributed by atoms with Crippen LogP contribution in [0.25, 0.3) is 0 Å². The van der Waals surface area contributed by atoms with E-state index < -0.39 is 76.1 Å². The Bertz CT molecular complexity index is 520. The second-order valence-corrected chi connectivity index (χ2v) is 6.82. The van der Waals surface area contributed by atoms with E-state index in [1.54, 1.807) is 0 Å². The number of Topliss-reactive ketones (excluding diaryl/α,β-unsaturated/α-hetero) is 1. The second kappa shape index (κ2) is 11.9. The number of hydrogen-bond acceptors (Lipinski definition) is 13. The van der Waals surface area contributed by atoms with Crippen LogP contribution in [0.5, 0.6) is 0 Å². The summed E-state index contributed by atoms with van der Waals surface area (Å²) in [6.45, 7) is -3.29. The van der Waals surface area contributed by atoms with E-state index in [4.69, 9.17) is 15.9 Å². The zero-order valence-electron chi connectivity index (χ0n) is 13.9. The summed E-state index contributed by atoms with van der Waals surface area (Å²) < 4.78 is 20.7. The van der Waals surface area contributed by atoms with Crippen molar-refractivity contribution in [1.82, 2.24) is 0 Å². The van der Waals surface area contributed by atoms with Crippen LogP contribution in [0.1, 0.15) is 0 Å². The Kier molecular flexibility index (Phi) is 11.5. The summed E-state index contributed by atoms with van der Waals surface area (Å²) in [5.41, 5.74) is 5.29. The average molecular weight is 421 g/mol. The van der Waals surface area contributed by atoms with Crippen molar-refractivity contribution >= 4 is 19.9 Å². The minimum Gasteiger partial charge on any atom is -0.394 e. The van der Waals surface area contributed by atoms with Gasteiger partial charge in [-0.25, -0.2) is 4.57 Å². The van der Waals surface area contributed by atoms with E-state index in [-0.39, 0.29) is 6.29 Å². The van der Waals surface area contributed by atoms with Gasteiger partial charge < -0.3 is 51.2 Å². The summed E-state index contributed by atoms with van der Waals surface area (Å²) in [7, 11) is -5.15. The topological polar surface area (TPSA) is 258 Å². The highest BCUT2D eigenvalue weighted by atomic mass is 31.2. The zero-order chi connectivity index (χ0) is 21.4. The number of nitrogens with two attached hydrogens (primary N) is 1. The zero-order valence-corrected chi connectivity index (χ0v) is 14.8. The van der Waals surface area contributed by atoms with Gasteiger partial charge in [-0.05, 0) is 0 Å². The van der Waals surface area contributed by atoms with E-state index in [1.165, 1.54) is 0 Å². The Balaban J connectivity index is 4.99. The number of phosphoric ester groups is 1. The highest BCUT2D eigenvalue weighted by molar-refractivity contribution is 7.47. The number of hydrogen-bond donors (Lipinski definition) is 9. The Morgan fingerprint density at radius 1 is 1.07 bits per heavy atom. The lowest BCUT2D eigenvalue weighted by Gasteiger charge is -2.29. The van der Waals surface area contributed by atoms with Crippen LogP contribution in [0.2, 0.25) is 0 Å². The number of phosphoric acid groups is 1. The highest BCUT2D eigenvalue weighted by Gasteiger charge is 2.39. The van der Waals surface area contributed by atoms with Crippen molar-refractivity contribution in [2.75, 3.05) is 19.8 Å². The molecule has 0 aromatic rings. The van der Waals surface area contributed by atoms with Crippen LogP contribution in [0.15, 0.2) is 0 Å². The van der Waals surface area contributed by atoms with E-state index in [0.29, 0.717) is 0 Å². The summed E-state index contributed by atoms with van der Waals surface area (Å²) >= 11 is 0. The van der Waals surface area contributed by atoms with Gasteiger partial charge in [0.1, 0.15) is 49.5 Å². The van der Waals surface area contributed by atoms with Crippen molar-refractivity contribution in [2.45, 2.75) is 42.7 Å². The molecule has 14 nitrogen and oxygen atoms in total. The van der Waals surface area contributed by atoms with Crippen molar-refractivity contribution in [1.29, 1.82) is 0 Å². The second-order valence-electron chi connectivity index (χ2n) is 5.42. The Hall–Kier alpha value is -0.870. The maximum absolute atomic E-state index is 11.9. The summed E-state index contributed by atoms with van der Waals surface area (Å²) in [5, 5.41) is 64.8. The molecule has 0 amide bonds. The third kappa shape index (κ3) is 8.35. The van der Waals surface area contributed by atoms with Gasteiger partial charge in [-0.1, -0.05) is 0 Å². The fourth-order valence-electron chi connectivity index (χ4n) is 1.71. The fourth-order valence-corrected chi connectivity index (χ4v) is 2.69. The molecular formula is C12H24NO13P. The standard InChI is InChI=1S/C12H24NO13P/c13-5(1-14)12(11(22)7(18)3-16)26-27(23,24)25-4-8(19)10(21)9(20)6(17)2-15/h1,5,7-12,15-16,18-22H,2-4,13H2,(H,23,24)/t5-,7+,8+,9+,10+,11+,12+/m0/s1. The maximum atomic E-state index is 11.9. The van der Waals surface area contributed by atoms with Crippen LogP contribution in [0.3, 0.4) is 0 Å². The molecule has 0 bridgehead atoms. The van der Waals surface area contributed by atoms with Crippen molar-refractivity contribution in [3.05, 3.63) is 0 Å². The number of aliphatic hydroxyl groups excluding tert-OH is 7. The average Bonchev–Trinajstić information content (AvgIpc) is 2.66. The molecule has 10 N–H and O–H groups in total. The first-order valence-electron chi connectivity index (χ1n) is 7.43. The molecule has 160 valence electrons. The van der Waals surface area contributed by atoms with Gasteiger partial charge in [-0.3, -0.25) is 13.8 Å². The molecule has 0 spiro atoms. The molecule has 0 aliphatic carbocycles. The molecule has 0 saturated heterocycles. The lowest BCUT2D eigenvalue weighted by Crippen LogP contribution is -2.51. The molecule has 1 unspecified atom stereocenters. The largest absolute Gasteiger partial charge is 0.472 e. The molecule has 0 fully saturated rings. The van der Waals surface area contributed by atoms with Crippen LogP contribution < -0.4 is 5.73 Å². The van der Waals surface area contributed by atoms with Crippen molar-refractivity contribution in [3.8, 4) is 0 Å². The smallest absolute Gasteiger partial charge is 0.394 e. The monoisotopic (exact) mass is 421 g/mol. The van der Waals surface area contributed by atoms with Crippen LogP contribution >= 0.6 is 7.82 Å². The van der Waals surface area contributed by atoms with Gasteiger partial charge in [-0.15, -0.1) is 0 Å². The number of ketones is 1. The van der Waals surface area contributed by atoms with Crippen molar-refractivity contribution in [2.24, 2.45) is 5.73 Å². The lowest BCUT2D eigenvalue weighted by atomic mass is 10.0. The van der Waals surface area contributed by atoms with Crippen molar-refractivity contribution < 1.29 is 63.8 Å². The highest BCUT2D eigenvalue weighted by Crippen LogP contribution is 2.45. The quantitative estimate of drug-likeness (QED) is 0.0935. The number of rotatable bonds is 14. The maximum Gasteiger partial charge on any atom is 0.472 e. The van der Waals surface area contributed by atoms with E-state index in [9.17, 15) is 44.6 Å². The molecule has 0 aromatic carbocycles. The molecule has 0 radical (unpaired) electrons. The third-order valence-electron chi connectivity index (χ3n) is 3.32. The Labute approximate surface area is 153 Å². The number of aldehydes is 1. The van der Waals surface area contributed by atoms with Gasteiger partial charge >= 0.3 is 7.82 Å². The first-order chi connectivity index (χ1) is 12.4. The van der Waals surface area contributed by atoms with Crippen LogP contribution in [0.4, 0.5) is 0 Å². The summed E-state index contributed by atoms with van der Waals surface area (Å²) in [5.74, 6) is -1.23. The first kappa shape index (κ1) is 26.1. The number of carbonyl (C=O) groups excluding carboxylic acids is 2. The van der Waals surface area contributed by atoms with Gasteiger partial charge in [0.25, 0.3) is 0 Å². The first-order valence-corrected chi connectivity index (χ1v) is 8.92. The van der Waals surface area contributed by atoms with Crippen LogP contribution in [0, 0.1) is 0 Å². The summed E-state index contributed by atoms with van der Waals surface area (Å²) in [6.07, 6.45) is -12.4. The minimum absolute atomic E-state index is 0.0213. The molecule has 0 aromatic heterocycles. The van der Waals surface area contributed by atoms with Gasteiger partial charge in [-0.2, -0.15) is 0 Å². The predicted octanol–water partition coefficient (Wildman–Crippen LogP) is -5.63. The van der Waals surface area contributed by atoms with Gasteiger partial charge in [0, 0.05) is 0 Å². The fraction of sp³-hybridized carbons (Fsp3) is 0.833. The molecule has 0 saturated carbocycles. The number of aliphatic hydroxyl groups is 7. The predicted molar refractivity (Wildman–Crippen MR) is 83.9 cm³/mol. The molecule has 8 atom stereocenters. The van der Waals surface area contributed by atoms with E-state index in [1.807, 2.05) is 0 Å². The summed E-state index contributed by atoms with van der Waals surface area (Å²) in [6, 6.07) is -1.72. The lowest BCUT2D eigenvalue weighted by molar-refractivity contribution is -0.142. The summed E-state index contributed by atoms with van der Waals surface area (Å²) in [4.78, 5) is 31.3. The minimum atomic E-state index is -5.15. The van der Waals surface area contributed by atoms with Crippen LogP contribution in [-0.4, -0.2) is 115 Å². The van der Waals surface area contributed by atoms with E-state index >= 15 is 0 Å². The molecule has 27 heavy (non-hydrogen) atoms. The van der Waals surface area contributed by atoms with Gasteiger partial charge in [0.15, 0.2) is 5.78 Å². The molecule has 0 heterocycles. The van der Waals surface area contributed by atoms with E-state index in [0.717, 1.165) is 0 Å². The molecule has 0 aliphatic rings. The van der Waals surface area contributed by atoms with Crippen molar-refractivity contribution in [3.63, 3.8) is 0 Å². The van der Waals surface area contributed by atoms with E-state index in [2.05, 4.69) is 9.05 Å².